The third-order valence-electron chi connectivity index (χ3n) is 6.54. The number of nitrogens with one attached hydrogen (secondary N) is 2. The zero-order valence-electron chi connectivity index (χ0n) is 19.9. The fourth-order valence-electron chi connectivity index (χ4n) is 4.67. The van der Waals surface area contributed by atoms with Crippen LogP contribution in [0.4, 0.5) is 4.79 Å². The van der Waals surface area contributed by atoms with Crippen LogP contribution in [-0.4, -0.2) is 80.5 Å². The fourth-order valence-corrected chi connectivity index (χ4v) is 4.67. The summed E-state index contributed by atoms with van der Waals surface area (Å²) >= 11 is 0. The number of aliphatic carboxylic acids is 1. The first-order chi connectivity index (χ1) is 16.8. The highest BCUT2D eigenvalue weighted by molar-refractivity contribution is 5.86. The lowest BCUT2D eigenvalue weighted by Gasteiger charge is -2.22. The zero-order valence-corrected chi connectivity index (χ0v) is 19.9. The van der Waals surface area contributed by atoms with E-state index in [0.717, 1.165) is 22.3 Å². The average molecular weight is 482 g/mol. The lowest BCUT2D eigenvalue weighted by Crippen LogP contribution is -2.50. The number of alkyl carbamates (subject to hydrolysis) is 1. The van der Waals surface area contributed by atoms with Crippen LogP contribution in [0.25, 0.3) is 11.1 Å². The Morgan fingerprint density at radius 1 is 1.06 bits per heavy atom. The number of amides is 2. The van der Waals surface area contributed by atoms with Crippen molar-refractivity contribution >= 4 is 18.0 Å². The van der Waals surface area contributed by atoms with Gasteiger partial charge in [-0.2, -0.15) is 0 Å². The van der Waals surface area contributed by atoms with Crippen LogP contribution in [0.1, 0.15) is 23.5 Å². The van der Waals surface area contributed by atoms with Crippen molar-refractivity contribution in [2.24, 2.45) is 5.92 Å². The predicted molar refractivity (Wildman–Crippen MR) is 129 cm³/mol. The van der Waals surface area contributed by atoms with Gasteiger partial charge in [-0.05, 0) is 42.8 Å². The van der Waals surface area contributed by atoms with Crippen LogP contribution in [0.2, 0.25) is 0 Å². The van der Waals surface area contributed by atoms with E-state index >= 15 is 0 Å². The van der Waals surface area contributed by atoms with Gasteiger partial charge < -0.3 is 30.1 Å². The van der Waals surface area contributed by atoms with Crippen molar-refractivity contribution in [2.45, 2.75) is 24.4 Å². The number of hydrogen-bond acceptors (Lipinski definition) is 6. The first kappa shape index (κ1) is 24.7. The minimum absolute atomic E-state index is 0.0694. The Labute approximate surface area is 204 Å². The largest absolute Gasteiger partial charge is 0.480 e. The number of carbonyl (C=O) groups is 3. The molecule has 1 aliphatic heterocycles. The molecule has 186 valence electrons. The van der Waals surface area contributed by atoms with E-state index in [1.54, 1.807) is 0 Å². The zero-order chi connectivity index (χ0) is 24.9. The lowest BCUT2D eigenvalue weighted by molar-refractivity contribution is -0.142. The molecular formula is C26H31N3O6. The molecular weight excluding hydrogens is 450 g/mol. The third kappa shape index (κ3) is 5.63. The molecule has 3 atom stereocenters. The molecule has 0 saturated carbocycles. The SMILES string of the molecule is CN(C)CCC(NC(=O)C1COCC1NC(=O)OCC1c2ccccc2-c2ccccc21)C(=O)O. The summed E-state index contributed by atoms with van der Waals surface area (Å²) in [5.41, 5.74) is 4.50. The number of carboxylic acids is 1. The number of ether oxygens (including phenoxy) is 2. The van der Waals surface area contributed by atoms with Crippen LogP contribution in [0, 0.1) is 5.92 Å². The molecule has 2 aliphatic rings. The van der Waals surface area contributed by atoms with Crippen molar-refractivity contribution in [1.82, 2.24) is 15.5 Å². The van der Waals surface area contributed by atoms with Crippen molar-refractivity contribution < 1.29 is 29.0 Å². The van der Waals surface area contributed by atoms with Gasteiger partial charge in [0.2, 0.25) is 5.91 Å². The van der Waals surface area contributed by atoms with Gasteiger partial charge in [0, 0.05) is 12.5 Å². The van der Waals surface area contributed by atoms with Crippen molar-refractivity contribution in [1.29, 1.82) is 0 Å². The van der Waals surface area contributed by atoms with E-state index in [1.807, 2.05) is 55.4 Å². The molecule has 1 aliphatic carbocycles. The molecule has 3 unspecified atom stereocenters. The maximum atomic E-state index is 12.8. The molecule has 0 bridgehead atoms. The van der Waals surface area contributed by atoms with Gasteiger partial charge in [-0.15, -0.1) is 0 Å². The van der Waals surface area contributed by atoms with E-state index in [-0.39, 0.29) is 32.2 Å². The van der Waals surface area contributed by atoms with Gasteiger partial charge in [-0.25, -0.2) is 9.59 Å². The highest BCUT2D eigenvalue weighted by Crippen LogP contribution is 2.44. The van der Waals surface area contributed by atoms with Crippen LogP contribution in [0.5, 0.6) is 0 Å². The Morgan fingerprint density at radius 3 is 2.29 bits per heavy atom. The Hall–Kier alpha value is -3.43. The summed E-state index contributed by atoms with van der Waals surface area (Å²) in [6.07, 6.45) is -0.367. The van der Waals surface area contributed by atoms with Gasteiger partial charge in [0.15, 0.2) is 0 Å². The average Bonchev–Trinajstić information content (AvgIpc) is 3.42. The molecule has 2 aromatic carbocycles. The van der Waals surface area contributed by atoms with Gasteiger partial charge >= 0.3 is 12.1 Å². The Morgan fingerprint density at radius 2 is 1.69 bits per heavy atom. The van der Waals surface area contributed by atoms with Gasteiger partial charge in [-0.1, -0.05) is 48.5 Å². The Balaban J connectivity index is 1.34. The number of benzene rings is 2. The summed E-state index contributed by atoms with van der Waals surface area (Å²) in [4.78, 5) is 38.8. The molecule has 2 amide bonds. The second kappa shape index (κ2) is 10.9. The number of hydrogen-bond donors (Lipinski definition) is 3. The van der Waals surface area contributed by atoms with Gasteiger partial charge in [-0.3, -0.25) is 4.79 Å². The van der Waals surface area contributed by atoms with Gasteiger partial charge in [0.05, 0.1) is 25.2 Å². The quantitative estimate of drug-likeness (QED) is 0.502. The number of carbonyl (C=O) groups excluding carboxylic acids is 2. The molecule has 9 nitrogen and oxygen atoms in total. The maximum absolute atomic E-state index is 12.8. The first-order valence-electron chi connectivity index (χ1n) is 11.7. The van der Waals surface area contributed by atoms with Crippen molar-refractivity contribution in [3.8, 4) is 11.1 Å². The van der Waals surface area contributed by atoms with Gasteiger partial charge in [0.1, 0.15) is 12.6 Å². The summed E-state index contributed by atoms with van der Waals surface area (Å²) in [6, 6.07) is 14.5. The number of rotatable bonds is 9. The highest BCUT2D eigenvalue weighted by Gasteiger charge is 2.37. The molecule has 0 aromatic heterocycles. The van der Waals surface area contributed by atoms with Crippen molar-refractivity contribution in [3.05, 3.63) is 59.7 Å². The first-order valence-corrected chi connectivity index (χ1v) is 11.7. The third-order valence-corrected chi connectivity index (χ3v) is 6.54. The molecule has 3 N–H and O–H groups in total. The Kier molecular flexibility index (Phi) is 7.67. The summed E-state index contributed by atoms with van der Waals surface area (Å²) < 4.78 is 11.0. The second-order valence-corrected chi connectivity index (χ2v) is 9.21. The highest BCUT2D eigenvalue weighted by atomic mass is 16.5. The van der Waals surface area contributed by atoms with E-state index in [4.69, 9.17) is 9.47 Å². The Bertz CT molecular complexity index is 1040. The topological polar surface area (TPSA) is 117 Å². The number of nitrogens with zero attached hydrogens (tertiary/aromatic N) is 1. The molecule has 1 fully saturated rings. The van der Waals surface area contributed by atoms with E-state index in [9.17, 15) is 19.5 Å². The van der Waals surface area contributed by atoms with Crippen LogP contribution in [-0.2, 0) is 19.1 Å². The molecule has 35 heavy (non-hydrogen) atoms. The molecule has 1 heterocycles. The number of carboxylic acid groups (broad SMARTS) is 1. The summed E-state index contributed by atoms with van der Waals surface area (Å²) in [5, 5.41) is 14.8. The van der Waals surface area contributed by atoms with Crippen molar-refractivity contribution in [3.63, 3.8) is 0 Å². The molecule has 9 heteroatoms. The van der Waals surface area contributed by atoms with Crippen LogP contribution >= 0.6 is 0 Å². The number of fused-ring (bicyclic) bond motifs is 3. The molecule has 4 rings (SSSR count). The van der Waals surface area contributed by atoms with Crippen LogP contribution < -0.4 is 10.6 Å². The minimum atomic E-state index is -1.10. The van der Waals surface area contributed by atoms with Crippen LogP contribution in [0.3, 0.4) is 0 Å². The standard InChI is InChI=1S/C26H31N3O6/c1-29(2)12-11-22(25(31)32)27-24(30)21-13-34-15-23(21)28-26(33)35-14-20-18-9-5-3-7-16(18)17-8-4-6-10-19(17)20/h3-10,20-23H,11-15H2,1-2H3,(H,27,30)(H,28,33)(H,31,32). The smallest absolute Gasteiger partial charge is 0.407 e. The summed E-state index contributed by atoms with van der Waals surface area (Å²) in [6.45, 7) is 0.924. The molecule has 0 radical (unpaired) electrons. The monoisotopic (exact) mass is 481 g/mol. The second-order valence-electron chi connectivity index (χ2n) is 9.21. The summed E-state index contributed by atoms with van der Waals surface area (Å²) in [5.74, 6) is -2.32. The summed E-state index contributed by atoms with van der Waals surface area (Å²) in [7, 11) is 3.67. The maximum Gasteiger partial charge on any atom is 0.407 e. The van der Waals surface area contributed by atoms with E-state index < -0.39 is 36.0 Å². The van der Waals surface area contributed by atoms with Crippen molar-refractivity contribution in [2.75, 3.05) is 40.5 Å². The van der Waals surface area contributed by atoms with Gasteiger partial charge in [0.25, 0.3) is 0 Å². The van der Waals surface area contributed by atoms with E-state index in [1.165, 1.54) is 0 Å². The van der Waals surface area contributed by atoms with E-state index in [2.05, 4.69) is 22.8 Å². The predicted octanol–water partition coefficient (Wildman–Crippen LogP) is 2.06. The normalized spacial score (nSPS) is 19.6. The lowest BCUT2D eigenvalue weighted by atomic mass is 9.98. The fraction of sp³-hybridized carbons (Fsp3) is 0.423. The van der Waals surface area contributed by atoms with Crippen LogP contribution in [0.15, 0.2) is 48.5 Å². The minimum Gasteiger partial charge on any atom is -0.480 e. The van der Waals surface area contributed by atoms with E-state index in [0.29, 0.717) is 6.54 Å². The molecule has 2 aromatic rings. The molecule has 0 spiro atoms. The molecule has 1 saturated heterocycles.